The smallest absolute Gasteiger partial charge is 0.168 e. The zero-order valence-electron chi connectivity index (χ0n) is 10.9. The Morgan fingerprint density at radius 2 is 2.11 bits per heavy atom. The molecule has 0 aliphatic carbocycles. The molecule has 2 aromatic heterocycles. The molecule has 0 unspecified atom stereocenters. The van der Waals surface area contributed by atoms with Crippen LogP contribution < -0.4 is 0 Å². The first kappa shape index (κ1) is 12.4. The summed E-state index contributed by atoms with van der Waals surface area (Å²) in [6, 6.07) is 6.39. The Morgan fingerprint density at radius 1 is 1.21 bits per heavy atom. The number of nitrogens with zero attached hydrogens (tertiary/aromatic N) is 1. The molecule has 2 heterocycles. The summed E-state index contributed by atoms with van der Waals surface area (Å²) in [5.74, 6) is 6.35. The second-order valence-corrected chi connectivity index (χ2v) is 6.13. The highest BCUT2D eigenvalue weighted by Crippen LogP contribution is 2.28. The van der Waals surface area contributed by atoms with Gasteiger partial charge in [0, 0.05) is 10.9 Å². The lowest BCUT2D eigenvalue weighted by molar-refractivity contribution is 1.15. The number of aryl methyl sites for hydroxylation is 2. The number of hydrogen-bond acceptors (Lipinski definition) is 3. The highest BCUT2D eigenvalue weighted by atomic mass is 32.1. The summed E-state index contributed by atoms with van der Waals surface area (Å²) < 4.78 is 1.27. The van der Waals surface area contributed by atoms with Crippen molar-refractivity contribution in [2.75, 3.05) is 0 Å². The summed E-state index contributed by atoms with van der Waals surface area (Å²) >= 11 is 3.36. The van der Waals surface area contributed by atoms with Gasteiger partial charge in [0.25, 0.3) is 0 Å². The van der Waals surface area contributed by atoms with Gasteiger partial charge in [-0.15, -0.1) is 11.3 Å². The van der Waals surface area contributed by atoms with Crippen LogP contribution >= 0.6 is 22.7 Å². The molecule has 0 saturated heterocycles. The summed E-state index contributed by atoms with van der Waals surface area (Å²) in [7, 11) is 0. The number of benzene rings is 1. The fourth-order valence-electron chi connectivity index (χ4n) is 1.99. The van der Waals surface area contributed by atoms with E-state index in [-0.39, 0.29) is 0 Å². The van der Waals surface area contributed by atoms with Crippen molar-refractivity contribution in [3.63, 3.8) is 0 Å². The van der Waals surface area contributed by atoms with Gasteiger partial charge >= 0.3 is 0 Å². The highest BCUT2D eigenvalue weighted by molar-refractivity contribution is 7.19. The number of fused-ring (bicyclic) bond motifs is 1. The van der Waals surface area contributed by atoms with Crippen molar-refractivity contribution in [1.82, 2.24) is 4.98 Å². The Hall–Kier alpha value is -1.63. The van der Waals surface area contributed by atoms with Crippen molar-refractivity contribution in [2.45, 2.75) is 20.3 Å². The number of aromatic nitrogens is 1. The van der Waals surface area contributed by atoms with E-state index in [9.17, 15) is 0 Å². The van der Waals surface area contributed by atoms with Gasteiger partial charge in [-0.3, -0.25) is 0 Å². The van der Waals surface area contributed by atoms with Crippen LogP contribution in [0.2, 0.25) is 0 Å². The first-order chi connectivity index (χ1) is 9.28. The molecular formula is C16H13NS2. The van der Waals surface area contributed by atoms with Crippen LogP contribution in [0.3, 0.4) is 0 Å². The Labute approximate surface area is 120 Å². The third kappa shape index (κ3) is 2.42. The average Bonchev–Trinajstić information content (AvgIpc) is 3.06. The van der Waals surface area contributed by atoms with E-state index in [1.54, 1.807) is 22.7 Å². The minimum atomic E-state index is 0.908. The number of thiazole rings is 1. The largest absolute Gasteiger partial charge is 0.227 e. The van der Waals surface area contributed by atoms with Crippen molar-refractivity contribution < 1.29 is 0 Å². The van der Waals surface area contributed by atoms with Gasteiger partial charge in [-0.05, 0) is 41.8 Å². The lowest BCUT2D eigenvalue weighted by atomic mass is 10.1. The quantitative estimate of drug-likeness (QED) is 0.593. The molecular weight excluding hydrogens is 270 g/mol. The van der Waals surface area contributed by atoms with Crippen LogP contribution in [0, 0.1) is 18.8 Å². The minimum Gasteiger partial charge on any atom is -0.227 e. The fourth-order valence-corrected chi connectivity index (χ4v) is 3.51. The lowest BCUT2D eigenvalue weighted by Gasteiger charge is -1.99. The van der Waals surface area contributed by atoms with E-state index >= 15 is 0 Å². The standard InChI is InChI=1S/C16H13NS2/c1-3-13-6-4-11(2)16-15(13)17-14(19-16)7-5-12-8-9-18-10-12/h4,6,8-10H,3H2,1-2H3. The molecule has 0 fully saturated rings. The zero-order chi connectivity index (χ0) is 13.2. The number of thiophene rings is 1. The van der Waals surface area contributed by atoms with Gasteiger partial charge in [0.15, 0.2) is 5.01 Å². The topological polar surface area (TPSA) is 12.9 Å². The first-order valence-corrected chi connectivity index (χ1v) is 7.97. The molecule has 19 heavy (non-hydrogen) atoms. The van der Waals surface area contributed by atoms with E-state index < -0.39 is 0 Å². The summed E-state index contributed by atoms with van der Waals surface area (Å²) in [6.45, 7) is 4.30. The Morgan fingerprint density at radius 3 is 2.84 bits per heavy atom. The molecule has 0 atom stereocenters. The first-order valence-electron chi connectivity index (χ1n) is 6.21. The van der Waals surface area contributed by atoms with Crippen molar-refractivity contribution in [3.8, 4) is 11.8 Å². The van der Waals surface area contributed by atoms with Crippen molar-refractivity contribution >= 4 is 32.9 Å². The second kappa shape index (κ2) is 5.16. The van der Waals surface area contributed by atoms with E-state index in [0.717, 1.165) is 22.5 Å². The molecule has 0 radical (unpaired) electrons. The van der Waals surface area contributed by atoms with Crippen LogP contribution in [0.15, 0.2) is 29.0 Å². The van der Waals surface area contributed by atoms with Crippen molar-refractivity contribution in [2.24, 2.45) is 0 Å². The second-order valence-electron chi connectivity index (χ2n) is 4.35. The van der Waals surface area contributed by atoms with Crippen LogP contribution in [0.5, 0.6) is 0 Å². The molecule has 0 N–H and O–H groups in total. The molecule has 0 amide bonds. The SMILES string of the molecule is CCc1ccc(C)c2sc(C#Cc3ccsc3)nc12. The Balaban J connectivity index is 2.09. The molecule has 0 spiro atoms. The van der Waals surface area contributed by atoms with Crippen molar-refractivity contribution in [3.05, 3.63) is 50.7 Å². The molecule has 1 aromatic carbocycles. The minimum absolute atomic E-state index is 0.908. The molecule has 0 saturated carbocycles. The van der Waals surface area contributed by atoms with Crippen LogP contribution in [0.4, 0.5) is 0 Å². The summed E-state index contributed by atoms with van der Waals surface area (Å²) in [4.78, 5) is 4.69. The highest BCUT2D eigenvalue weighted by Gasteiger charge is 2.08. The predicted octanol–water partition coefficient (Wildman–Crippen LogP) is 4.63. The molecule has 0 bridgehead atoms. The Kier molecular flexibility index (Phi) is 3.37. The van der Waals surface area contributed by atoms with Crippen LogP contribution in [-0.2, 0) is 6.42 Å². The van der Waals surface area contributed by atoms with E-state index in [2.05, 4.69) is 43.2 Å². The average molecular weight is 283 g/mol. The van der Waals surface area contributed by atoms with Crippen molar-refractivity contribution in [1.29, 1.82) is 0 Å². The van der Waals surface area contributed by atoms with Gasteiger partial charge in [0.2, 0.25) is 0 Å². The number of hydrogen-bond donors (Lipinski definition) is 0. The van der Waals surface area contributed by atoms with Gasteiger partial charge in [-0.1, -0.05) is 25.0 Å². The lowest BCUT2D eigenvalue weighted by Crippen LogP contribution is -1.84. The van der Waals surface area contributed by atoms with Crippen LogP contribution in [-0.4, -0.2) is 4.98 Å². The van der Waals surface area contributed by atoms with Gasteiger partial charge in [-0.2, -0.15) is 11.3 Å². The monoisotopic (exact) mass is 283 g/mol. The normalized spacial score (nSPS) is 10.4. The summed E-state index contributed by atoms with van der Waals surface area (Å²) in [5.41, 5.74) is 4.78. The third-order valence-corrected chi connectivity index (χ3v) is 4.83. The van der Waals surface area contributed by atoms with E-state index in [1.807, 2.05) is 11.4 Å². The molecule has 3 heteroatoms. The molecule has 0 aliphatic heterocycles. The van der Waals surface area contributed by atoms with Gasteiger partial charge in [0.1, 0.15) is 0 Å². The molecule has 1 nitrogen and oxygen atoms in total. The molecule has 94 valence electrons. The molecule has 0 aliphatic rings. The number of rotatable bonds is 1. The van der Waals surface area contributed by atoms with Gasteiger partial charge in [-0.25, -0.2) is 4.98 Å². The molecule has 3 rings (SSSR count). The zero-order valence-corrected chi connectivity index (χ0v) is 12.5. The molecule has 3 aromatic rings. The maximum absolute atomic E-state index is 4.69. The third-order valence-electron chi connectivity index (χ3n) is 3.04. The Bertz CT molecular complexity index is 770. The maximum atomic E-state index is 4.69. The summed E-state index contributed by atoms with van der Waals surface area (Å²) in [5, 5.41) is 5.01. The van der Waals surface area contributed by atoms with E-state index in [0.29, 0.717) is 0 Å². The van der Waals surface area contributed by atoms with E-state index in [1.165, 1.54) is 15.8 Å². The van der Waals surface area contributed by atoms with E-state index in [4.69, 9.17) is 4.98 Å². The predicted molar refractivity (Wildman–Crippen MR) is 84.0 cm³/mol. The van der Waals surface area contributed by atoms with Gasteiger partial charge < -0.3 is 0 Å². The van der Waals surface area contributed by atoms with Gasteiger partial charge in [0.05, 0.1) is 10.2 Å². The fraction of sp³-hybridized carbons (Fsp3) is 0.188. The van der Waals surface area contributed by atoms with Crippen LogP contribution in [0.1, 0.15) is 28.6 Å². The maximum Gasteiger partial charge on any atom is 0.168 e. The van der Waals surface area contributed by atoms with Crippen LogP contribution in [0.25, 0.3) is 10.2 Å². The summed E-state index contributed by atoms with van der Waals surface area (Å²) in [6.07, 6.45) is 1.01.